The van der Waals surface area contributed by atoms with Gasteiger partial charge in [-0.05, 0) is 17.7 Å². The lowest BCUT2D eigenvalue weighted by Gasteiger charge is -1.99. The summed E-state index contributed by atoms with van der Waals surface area (Å²) in [5.74, 6) is -0.825. The summed E-state index contributed by atoms with van der Waals surface area (Å²) in [7, 11) is 0. The summed E-state index contributed by atoms with van der Waals surface area (Å²) in [5, 5.41) is 12.6. The maximum absolute atomic E-state index is 10.5. The molecule has 0 spiro atoms. The van der Waals surface area contributed by atoms with Gasteiger partial charge in [-0.2, -0.15) is 5.10 Å². The molecule has 0 aliphatic rings. The highest BCUT2D eigenvalue weighted by Gasteiger charge is 2.04. The quantitative estimate of drug-likeness (QED) is 0.741. The van der Waals surface area contributed by atoms with Crippen molar-refractivity contribution in [3.63, 3.8) is 0 Å². The molecule has 0 saturated carbocycles. The zero-order valence-corrected chi connectivity index (χ0v) is 6.84. The average Bonchev–Trinajstić information content (AvgIpc) is 2.51. The van der Waals surface area contributed by atoms with E-state index in [1.165, 1.54) is 0 Å². The molecule has 66 valence electrons. The van der Waals surface area contributed by atoms with Crippen molar-refractivity contribution in [3.05, 3.63) is 36.2 Å². The molecule has 0 aliphatic carbocycles. The number of hydrogen-bond acceptors (Lipinski definition) is 2. The monoisotopic (exact) mass is 176 g/mol. The highest BCUT2D eigenvalue weighted by molar-refractivity contribution is 5.74. The molecule has 0 atom stereocenters. The standard InChI is InChI=1S/C9H8N2O2/c12-9(13)6-7-2-1-5-11-8(7)3-4-10-11/h1-5H,6H2,(H,12,13). The van der Waals surface area contributed by atoms with Gasteiger partial charge in [0, 0.05) is 12.4 Å². The highest BCUT2D eigenvalue weighted by Crippen LogP contribution is 2.10. The molecule has 0 aromatic carbocycles. The Bertz CT molecular complexity index is 448. The van der Waals surface area contributed by atoms with Gasteiger partial charge in [-0.15, -0.1) is 0 Å². The fourth-order valence-corrected chi connectivity index (χ4v) is 1.33. The number of carbonyl (C=O) groups is 1. The van der Waals surface area contributed by atoms with Gasteiger partial charge in [0.05, 0.1) is 11.9 Å². The zero-order valence-electron chi connectivity index (χ0n) is 6.84. The third kappa shape index (κ3) is 1.38. The average molecular weight is 176 g/mol. The van der Waals surface area contributed by atoms with Crippen molar-refractivity contribution < 1.29 is 9.90 Å². The molecule has 13 heavy (non-hydrogen) atoms. The minimum Gasteiger partial charge on any atom is -0.481 e. The molecule has 0 amide bonds. The van der Waals surface area contributed by atoms with E-state index in [0.717, 1.165) is 11.1 Å². The molecule has 0 fully saturated rings. The molecule has 1 N–H and O–H groups in total. The first-order valence-corrected chi connectivity index (χ1v) is 3.90. The van der Waals surface area contributed by atoms with Crippen LogP contribution in [-0.2, 0) is 11.2 Å². The maximum atomic E-state index is 10.5. The topological polar surface area (TPSA) is 54.6 Å². The van der Waals surface area contributed by atoms with Gasteiger partial charge in [0.15, 0.2) is 0 Å². The van der Waals surface area contributed by atoms with Crippen LogP contribution >= 0.6 is 0 Å². The van der Waals surface area contributed by atoms with E-state index in [1.54, 1.807) is 35.1 Å². The van der Waals surface area contributed by atoms with E-state index in [2.05, 4.69) is 5.10 Å². The third-order valence-electron chi connectivity index (χ3n) is 1.87. The van der Waals surface area contributed by atoms with Crippen LogP contribution in [0.15, 0.2) is 30.6 Å². The minimum atomic E-state index is -0.825. The lowest BCUT2D eigenvalue weighted by molar-refractivity contribution is -0.136. The van der Waals surface area contributed by atoms with E-state index < -0.39 is 5.97 Å². The second-order valence-electron chi connectivity index (χ2n) is 2.76. The Morgan fingerprint density at radius 1 is 1.54 bits per heavy atom. The van der Waals surface area contributed by atoms with Crippen LogP contribution in [0.5, 0.6) is 0 Å². The van der Waals surface area contributed by atoms with Crippen molar-refractivity contribution in [2.45, 2.75) is 6.42 Å². The van der Waals surface area contributed by atoms with Crippen molar-refractivity contribution >= 4 is 11.5 Å². The number of carboxylic acids is 1. The zero-order chi connectivity index (χ0) is 9.26. The molecule has 0 radical (unpaired) electrons. The predicted molar refractivity (Wildman–Crippen MR) is 46.5 cm³/mol. The first kappa shape index (κ1) is 7.79. The lowest BCUT2D eigenvalue weighted by atomic mass is 10.1. The molecular weight excluding hydrogens is 168 g/mol. The number of carboxylic acid groups (broad SMARTS) is 1. The smallest absolute Gasteiger partial charge is 0.307 e. The molecule has 4 nitrogen and oxygen atoms in total. The van der Waals surface area contributed by atoms with Gasteiger partial charge >= 0.3 is 5.97 Å². The highest BCUT2D eigenvalue weighted by atomic mass is 16.4. The first-order chi connectivity index (χ1) is 6.27. The largest absolute Gasteiger partial charge is 0.481 e. The van der Waals surface area contributed by atoms with Gasteiger partial charge in [0.1, 0.15) is 0 Å². The summed E-state index contributed by atoms with van der Waals surface area (Å²) >= 11 is 0. The van der Waals surface area contributed by atoms with Gasteiger partial charge in [-0.1, -0.05) is 6.07 Å². The molecule has 0 bridgehead atoms. The van der Waals surface area contributed by atoms with Gasteiger partial charge in [-0.25, -0.2) is 4.52 Å². The molecule has 0 aliphatic heterocycles. The molecule has 2 rings (SSSR count). The van der Waals surface area contributed by atoms with Gasteiger partial charge in [0.2, 0.25) is 0 Å². The molecule has 2 aromatic heterocycles. The van der Waals surface area contributed by atoms with Crippen LogP contribution in [0.3, 0.4) is 0 Å². The van der Waals surface area contributed by atoms with E-state index in [-0.39, 0.29) is 6.42 Å². The summed E-state index contributed by atoms with van der Waals surface area (Å²) < 4.78 is 1.66. The fraction of sp³-hybridized carbons (Fsp3) is 0.111. The van der Waals surface area contributed by atoms with Gasteiger partial charge in [0.25, 0.3) is 0 Å². The third-order valence-corrected chi connectivity index (χ3v) is 1.87. The number of fused-ring (bicyclic) bond motifs is 1. The van der Waals surface area contributed by atoms with E-state index in [0.29, 0.717) is 0 Å². The van der Waals surface area contributed by atoms with Crippen molar-refractivity contribution in [1.29, 1.82) is 0 Å². The molecular formula is C9H8N2O2. The predicted octanol–water partition coefficient (Wildman–Crippen LogP) is 0.961. The summed E-state index contributed by atoms with van der Waals surface area (Å²) in [4.78, 5) is 10.5. The maximum Gasteiger partial charge on any atom is 0.307 e. The Labute approximate surface area is 74.4 Å². The molecule has 2 aromatic rings. The second kappa shape index (κ2) is 2.90. The second-order valence-corrected chi connectivity index (χ2v) is 2.76. The summed E-state index contributed by atoms with van der Waals surface area (Å²) in [6.07, 6.45) is 3.48. The number of hydrogen-bond donors (Lipinski definition) is 1. The Morgan fingerprint density at radius 3 is 3.15 bits per heavy atom. The van der Waals surface area contributed by atoms with E-state index in [4.69, 9.17) is 5.11 Å². The fourth-order valence-electron chi connectivity index (χ4n) is 1.33. The number of nitrogens with zero attached hydrogens (tertiary/aromatic N) is 2. The first-order valence-electron chi connectivity index (χ1n) is 3.90. The van der Waals surface area contributed by atoms with Crippen LogP contribution in [0.25, 0.3) is 5.52 Å². The summed E-state index contributed by atoms with van der Waals surface area (Å²) in [6, 6.07) is 5.39. The Kier molecular flexibility index (Phi) is 1.73. The van der Waals surface area contributed by atoms with Crippen LogP contribution in [0.2, 0.25) is 0 Å². The number of pyridine rings is 1. The lowest BCUT2D eigenvalue weighted by Crippen LogP contribution is -2.01. The normalized spacial score (nSPS) is 10.5. The van der Waals surface area contributed by atoms with Crippen molar-refractivity contribution in [2.24, 2.45) is 0 Å². The Hall–Kier alpha value is -1.84. The van der Waals surface area contributed by atoms with Crippen LogP contribution in [-0.4, -0.2) is 20.7 Å². The van der Waals surface area contributed by atoms with Crippen LogP contribution in [0, 0.1) is 0 Å². The molecule has 0 saturated heterocycles. The van der Waals surface area contributed by atoms with Crippen molar-refractivity contribution in [1.82, 2.24) is 9.61 Å². The molecule has 2 heterocycles. The van der Waals surface area contributed by atoms with E-state index in [9.17, 15) is 4.79 Å². The number of aromatic nitrogens is 2. The Morgan fingerprint density at radius 2 is 2.38 bits per heavy atom. The van der Waals surface area contributed by atoms with Crippen LogP contribution in [0.1, 0.15) is 5.56 Å². The molecule has 4 heteroatoms. The minimum absolute atomic E-state index is 0.0377. The molecule has 0 unspecified atom stereocenters. The summed E-state index contributed by atoms with van der Waals surface area (Å²) in [5.41, 5.74) is 1.64. The van der Waals surface area contributed by atoms with Crippen molar-refractivity contribution in [2.75, 3.05) is 0 Å². The van der Waals surface area contributed by atoms with Gasteiger partial charge in [-0.3, -0.25) is 4.79 Å². The van der Waals surface area contributed by atoms with Gasteiger partial charge < -0.3 is 5.11 Å². The van der Waals surface area contributed by atoms with Crippen molar-refractivity contribution in [3.8, 4) is 0 Å². The summed E-state index contributed by atoms with van der Waals surface area (Å²) in [6.45, 7) is 0. The van der Waals surface area contributed by atoms with Crippen LogP contribution in [0.4, 0.5) is 0 Å². The SMILES string of the molecule is O=C(O)Cc1cccn2nccc12. The number of aliphatic carboxylic acids is 1. The van der Waals surface area contributed by atoms with Crippen LogP contribution < -0.4 is 0 Å². The van der Waals surface area contributed by atoms with E-state index >= 15 is 0 Å². The van der Waals surface area contributed by atoms with E-state index in [1.807, 2.05) is 0 Å². The number of rotatable bonds is 2. The Balaban J connectivity index is 2.54.